The van der Waals surface area contributed by atoms with Gasteiger partial charge in [0.2, 0.25) is 0 Å². The Bertz CT molecular complexity index is 819. The van der Waals surface area contributed by atoms with Crippen molar-refractivity contribution in [2.75, 3.05) is 12.4 Å². The fourth-order valence-corrected chi connectivity index (χ4v) is 1.97. The maximum absolute atomic E-state index is 12.6. The van der Waals surface area contributed by atoms with Gasteiger partial charge in [0.25, 0.3) is 11.8 Å². The fraction of sp³-hybridized carbons (Fsp3) is 0.294. The van der Waals surface area contributed by atoms with Gasteiger partial charge < -0.3 is 15.4 Å². The lowest BCUT2D eigenvalue weighted by atomic mass is 10.1. The third-order valence-electron chi connectivity index (χ3n) is 3.47. The zero-order chi connectivity index (χ0) is 20.2. The lowest BCUT2D eigenvalue weighted by Gasteiger charge is -2.25. The van der Waals surface area contributed by atoms with Gasteiger partial charge in [-0.05, 0) is 50.2 Å². The molecule has 1 aromatic heterocycles. The molecule has 1 heterocycles. The summed E-state index contributed by atoms with van der Waals surface area (Å²) in [5.41, 5.74) is -2.14. The van der Waals surface area contributed by atoms with Crippen LogP contribution in [0.5, 0.6) is 5.75 Å². The molecular weight excluding hydrogens is 365 g/mol. The molecule has 0 radical (unpaired) electrons. The van der Waals surface area contributed by atoms with E-state index < -0.39 is 29.2 Å². The van der Waals surface area contributed by atoms with Crippen molar-refractivity contribution >= 4 is 17.6 Å². The molecule has 0 atom stereocenters. The van der Waals surface area contributed by atoms with Crippen molar-refractivity contribution in [1.82, 2.24) is 15.5 Å². The number of rotatable bonds is 5. The van der Waals surface area contributed by atoms with E-state index in [0.29, 0.717) is 0 Å². The monoisotopic (exact) mass is 382 g/mol. The van der Waals surface area contributed by atoms with E-state index in [1.165, 1.54) is 33.0 Å². The highest BCUT2D eigenvalue weighted by Crippen LogP contribution is 2.31. The number of alkyl halides is 3. The van der Waals surface area contributed by atoms with Gasteiger partial charge in [0.05, 0.1) is 5.56 Å². The maximum Gasteiger partial charge on any atom is 0.416 e. The van der Waals surface area contributed by atoms with E-state index in [2.05, 4.69) is 20.8 Å². The predicted octanol–water partition coefficient (Wildman–Crippen LogP) is 2.65. The lowest BCUT2D eigenvalue weighted by molar-refractivity contribution is -0.137. The van der Waals surface area contributed by atoms with Crippen molar-refractivity contribution in [2.24, 2.45) is 0 Å². The minimum atomic E-state index is -4.45. The number of anilines is 1. The Kier molecular flexibility index (Phi) is 5.67. The molecule has 0 saturated heterocycles. The first-order chi connectivity index (χ1) is 12.5. The number of aromatic nitrogens is 2. The van der Waals surface area contributed by atoms with Gasteiger partial charge in [-0.3, -0.25) is 9.59 Å². The Morgan fingerprint density at radius 3 is 2.11 bits per heavy atom. The first kappa shape index (κ1) is 20.1. The molecule has 0 saturated carbocycles. The molecule has 2 amide bonds. The summed E-state index contributed by atoms with van der Waals surface area (Å²) < 4.78 is 43.2. The van der Waals surface area contributed by atoms with Crippen LogP contribution in [0.25, 0.3) is 0 Å². The molecular formula is C17H17F3N4O3. The molecule has 0 aliphatic heterocycles. The number of nitrogens with zero attached hydrogens (tertiary/aromatic N) is 2. The molecule has 27 heavy (non-hydrogen) atoms. The zero-order valence-corrected chi connectivity index (χ0v) is 14.7. The highest BCUT2D eigenvalue weighted by molar-refractivity contribution is 5.96. The number of carbonyl (C=O) groups is 2. The molecule has 0 aliphatic rings. The van der Waals surface area contributed by atoms with Crippen molar-refractivity contribution in [1.29, 1.82) is 0 Å². The molecule has 1 aromatic carbocycles. The average molecular weight is 382 g/mol. The number of benzene rings is 1. The van der Waals surface area contributed by atoms with Crippen molar-refractivity contribution in [3.8, 4) is 5.75 Å². The van der Waals surface area contributed by atoms with E-state index in [4.69, 9.17) is 4.74 Å². The molecule has 0 unspecified atom stereocenters. The van der Waals surface area contributed by atoms with Crippen LogP contribution in [0, 0.1) is 0 Å². The Hall–Kier alpha value is -3.17. The van der Waals surface area contributed by atoms with Crippen LogP contribution in [-0.4, -0.2) is 34.7 Å². The van der Waals surface area contributed by atoms with E-state index in [-0.39, 0.29) is 17.3 Å². The van der Waals surface area contributed by atoms with Gasteiger partial charge in [-0.1, -0.05) is 0 Å². The summed E-state index contributed by atoms with van der Waals surface area (Å²) in [6.07, 6.45) is -4.45. The fourth-order valence-electron chi connectivity index (χ4n) is 1.97. The van der Waals surface area contributed by atoms with Crippen LogP contribution in [0.4, 0.5) is 19.0 Å². The Labute approximate surface area is 152 Å². The number of hydrogen-bond acceptors (Lipinski definition) is 5. The molecule has 2 rings (SSSR count). The number of hydrogen-bond donors (Lipinski definition) is 2. The summed E-state index contributed by atoms with van der Waals surface area (Å²) in [5.74, 6) is -0.823. The largest absolute Gasteiger partial charge is 0.478 e. The number of carbonyl (C=O) groups excluding carboxylic acids is 2. The third-order valence-corrected chi connectivity index (χ3v) is 3.47. The van der Waals surface area contributed by atoms with E-state index >= 15 is 0 Å². The van der Waals surface area contributed by atoms with Gasteiger partial charge >= 0.3 is 6.18 Å². The van der Waals surface area contributed by atoms with E-state index in [0.717, 1.165) is 24.3 Å². The number of nitrogens with one attached hydrogen (secondary N) is 2. The van der Waals surface area contributed by atoms with Gasteiger partial charge in [-0.25, -0.2) is 0 Å². The van der Waals surface area contributed by atoms with Crippen LogP contribution >= 0.6 is 0 Å². The van der Waals surface area contributed by atoms with Crippen LogP contribution in [0.1, 0.15) is 29.9 Å². The molecule has 7 nitrogen and oxygen atoms in total. The Morgan fingerprint density at radius 1 is 1.00 bits per heavy atom. The molecule has 0 bridgehead atoms. The standard InChI is InChI=1S/C17H17F3N4O3/c1-16(2,27-11-6-4-10(5-7-11)17(18,19)20)15(26)22-13-9-8-12(23-24-13)14(25)21-3/h4-9H,1-3H3,(H,21,25)(H,22,24,26). The van der Waals surface area contributed by atoms with E-state index in [1.54, 1.807) is 0 Å². The summed E-state index contributed by atoms with van der Waals surface area (Å²) in [6.45, 7) is 2.90. The molecule has 0 spiro atoms. The van der Waals surface area contributed by atoms with Gasteiger partial charge in [0.1, 0.15) is 5.75 Å². The van der Waals surface area contributed by atoms with Gasteiger partial charge in [-0.15, -0.1) is 10.2 Å². The summed E-state index contributed by atoms with van der Waals surface area (Å²) in [5, 5.41) is 12.3. The summed E-state index contributed by atoms with van der Waals surface area (Å²) in [6, 6.07) is 6.78. The van der Waals surface area contributed by atoms with E-state index in [1.807, 2.05) is 0 Å². The number of ether oxygens (including phenoxy) is 1. The van der Waals surface area contributed by atoms with Crippen molar-refractivity contribution in [3.05, 3.63) is 47.7 Å². The molecule has 0 fully saturated rings. The molecule has 144 valence electrons. The van der Waals surface area contributed by atoms with Crippen LogP contribution in [-0.2, 0) is 11.0 Å². The highest BCUT2D eigenvalue weighted by Gasteiger charge is 2.32. The van der Waals surface area contributed by atoms with Gasteiger partial charge in [0, 0.05) is 7.05 Å². The normalized spacial score (nSPS) is 11.6. The lowest BCUT2D eigenvalue weighted by Crippen LogP contribution is -2.42. The molecule has 0 aliphatic carbocycles. The quantitative estimate of drug-likeness (QED) is 0.829. The minimum absolute atomic E-state index is 0.0794. The topological polar surface area (TPSA) is 93.2 Å². The average Bonchev–Trinajstić information content (AvgIpc) is 2.61. The first-order valence-electron chi connectivity index (χ1n) is 7.76. The number of halogens is 3. The summed E-state index contributed by atoms with van der Waals surface area (Å²) in [4.78, 5) is 23.8. The SMILES string of the molecule is CNC(=O)c1ccc(NC(=O)C(C)(C)Oc2ccc(C(F)(F)F)cc2)nn1. The highest BCUT2D eigenvalue weighted by atomic mass is 19.4. The van der Waals surface area contributed by atoms with Crippen LogP contribution in [0.15, 0.2) is 36.4 Å². The van der Waals surface area contributed by atoms with Gasteiger partial charge in [0.15, 0.2) is 17.1 Å². The number of amides is 2. The summed E-state index contributed by atoms with van der Waals surface area (Å²) >= 11 is 0. The second-order valence-electron chi connectivity index (χ2n) is 5.97. The van der Waals surface area contributed by atoms with Crippen molar-refractivity contribution < 1.29 is 27.5 Å². The molecule has 10 heteroatoms. The second-order valence-corrected chi connectivity index (χ2v) is 5.97. The van der Waals surface area contributed by atoms with Gasteiger partial charge in [-0.2, -0.15) is 13.2 Å². The first-order valence-corrected chi connectivity index (χ1v) is 7.76. The van der Waals surface area contributed by atoms with E-state index in [9.17, 15) is 22.8 Å². The van der Waals surface area contributed by atoms with Crippen LogP contribution in [0.3, 0.4) is 0 Å². The summed E-state index contributed by atoms with van der Waals surface area (Å²) in [7, 11) is 1.45. The zero-order valence-electron chi connectivity index (χ0n) is 14.7. The molecule has 2 aromatic rings. The third kappa shape index (κ3) is 5.16. The van der Waals surface area contributed by atoms with Crippen LogP contribution in [0.2, 0.25) is 0 Å². The smallest absolute Gasteiger partial charge is 0.416 e. The Morgan fingerprint density at radius 2 is 1.63 bits per heavy atom. The molecule has 2 N–H and O–H groups in total. The van der Waals surface area contributed by atoms with Crippen LogP contribution < -0.4 is 15.4 Å². The Balaban J connectivity index is 2.05. The van der Waals surface area contributed by atoms with Crippen molar-refractivity contribution in [2.45, 2.75) is 25.6 Å². The van der Waals surface area contributed by atoms with Crippen molar-refractivity contribution in [3.63, 3.8) is 0 Å². The predicted molar refractivity (Wildman–Crippen MR) is 90.2 cm³/mol. The maximum atomic E-state index is 12.6. The second kappa shape index (κ2) is 7.60. The minimum Gasteiger partial charge on any atom is -0.478 e.